The lowest BCUT2D eigenvalue weighted by molar-refractivity contribution is -0.127. The van der Waals surface area contributed by atoms with Crippen LogP contribution in [0.2, 0.25) is 0 Å². The van der Waals surface area contributed by atoms with Crippen molar-refractivity contribution in [2.24, 2.45) is 5.73 Å². The molecule has 0 aliphatic carbocycles. The van der Waals surface area contributed by atoms with Gasteiger partial charge in [0.05, 0.1) is 12.1 Å². The molecule has 3 rings (SSSR count). The minimum Gasteiger partial charge on any atom is -0.441 e. The Kier molecular flexibility index (Phi) is 5.12. The van der Waals surface area contributed by atoms with Crippen molar-refractivity contribution in [1.82, 2.24) is 10.3 Å². The van der Waals surface area contributed by atoms with Crippen LogP contribution in [-0.2, 0) is 16.0 Å². The molecule has 3 aromatic rings. The summed E-state index contributed by atoms with van der Waals surface area (Å²) < 4.78 is 5.66. The quantitative estimate of drug-likeness (QED) is 0.714. The van der Waals surface area contributed by atoms with E-state index < -0.39 is 11.9 Å². The van der Waals surface area contributed by atoms with Gasteiger partial charge in [0.2, 0.25) is 17.7 Å². The van der Waals surface area contributed by atoms with Crippen molar-refractivity contribution < 1.29 is 14.0 Å². The molecule has 0 fully saturated rings. The molecular formula is C20H19N3O3. The summed E-state index contributed by atoms with van der Waals surface area (Å²) in [6.45, 7) is 1.75. The van der Waals surface area contributed by atoms with Crippen LogP contribution in [0.4, 0.5) is 0 Å². The van der Waals surface area contributed by atoms with Gasteiger partial charge < -0.3 is 15.5 Å². The minimum atomic E-state index is -0.885. The third-order valence-corrected chi connectivity index (χ3v) is 3.96. The van der Waals surface area contributed by atoms with E-state index in [-0.39, 0.29) is 12.3 Å². The average Bonchev–Trinajstić information content (AvgIpc) is 3.01. The number of rotatable bonds is 6. The highest BCUT2D eigenvalue weighted by atomic mass is 16.4. The standard InChI is InChI=1S/C20H19N3O3/c1-13-16(22-20(26-13)15-10-6-3-7-11-15)12-17(24)23-18(19(21)25)14-8-4-2-5-9-14/h2-11,18H,12H2,1H3,(H2,21,25)(H,23,24). The molecule has 0 aliphatic heterocycles. The highest BCUT2D eigenvalue weighted by molar-refractivity contribution is 5.88. The molecule has 2 aromatic carbocycles. The number of nitrogens with two attached hydrogens (primary N) is 1. The van der Waals surface area contributed by atoms with Gasteiger partial charge in [-0.15, -0.1) is 0 Å². The molecule has 0 radical (unpaired) electrons. The van der Waals surface area contributed by atoms with Crippen LogP contribution in [0.3, 0.4) is 0 Å². The molecule has 0 aliphatic rings. The van der Waals surface area contributed by atoms with Crippen LogP contribution in [0.1, 0.15) is 23.1 Å². The van der Waals surface area contributed by atoms with Gasteiger partial charge in [0.1, 0.15) is 11.8 Å². The second-order valence-electron chi connectivity index (χ2n) is 5.88. The number of carbonyl (C=O) groups excluding carboxylic acids is 2. The number of amides is 2. The van der Waals surface area contributed by atoms with Gasteiger partial charge in [0.25, 0.3) is 0 Å². The van der Waals surface area contributed by atoms with Crippen molar-refractivity contribution in [2.45, 2.75) is 19.4 Å². The van der Waals surface area contributed by atoms with Crippen molar-refractivity contribution in [3.63, 3.8) is 0 Å². The maximum absolute atomic E-state index is 12.4. The summed E-state index contributed by atoms with van der Waals surface area (Å²) in [5, 5.41) is 2.66. The second kappa shape index (κ2) is 7.65. The van der Waals surface area contributed by atoms with E-state index in [9.17, 15) is 9.59 Å². The summed E-state index contributed by atoms with van der Waals surface area (Å²) in [7, 11) is 0. The molecule has 0 bridgehead atoms. The van der Waals surface area contributed by atoms with Crippen LogP contribution in [0.5, 0.6) is 0 Å². The van der Waals surface area contributed by atoms with Gasteiger partial charge >= 0.3 is 0 Å². The van der Waals surface area contributed by atoms with Gasteiger partial charge in [-0.2, -0.15) is 0 Å². The van der Waals surface area contributed by atoms with Gasteiger partial charge in [-0.25, -0.2) is 4.98 Å². The molecule has 1 unspecified atom stereocenters. The first-order valence-electron chi connectivity index (χ1n) is 8.20. The Hall–Kier alpha value is -3.41. The Morgan fingerprint density at radius 2 is 1.69 bits per heavy atom. The highest BCUT2D eigenvalue weighted by Crippen LogP contribution is 2.22. The van der Waals surface area contributed by atoms with E-state index in [1.54, 1.807) is 31.2 Å². The number of nitrogens with one attached hydrogen (secondary N) is 1. The first-order chi connectivity index (χ1) is 12.5. The molecular weight excluding hydrogens is 330 g/mol. The first-order valence-corrected chi connectivity index (χ1v) is 8.20. The molecule has 2 amide bonds. The predicted molar refractivity (Wildman–Crippen MR) is 96.9 cm³/mol. The van der Waals surface area contributed by atoms with Crippen LogP contribution in [0.25, 0.3) is 11.5 Å². The molecule has 1 aromatic heterocycles. The second-order valence-corrected chi connectivity index (χ2v) is 5.88. The molecule has 0 spiro atoms. The lowest BCUT2D eigenvalue weighted by Gasteiger charge is -2.15. The Bertz CT molecular complexity index is 905. The number of carbonyl (C=O) groups is 2. The molecule has 26 heavy (non-hydrogen) atoms. The van der Waals surface area contributed by atoms with Crippen LogP contribution in [0, 0.1) is 6.92 Å². The van der Waals surface area contributed by atoms with E-state index in [2.05, 4.69) is 10.3 Å². The smallest absolute Gasteiger partial charge is 0.244 e. The molecule has 1 heterocycles. The third-order valence-electron chi connectivity index (χ3n) is 3.96. The van der Waals surface area contributed by atoms with Gasteiger partial charge in [-0.1, -0.05) is 48.5 Å². The number of oxazole rings is 1. The minimum absolute atomic E-state index is 0.00121. The molecule has 3 N–H and O–H groups in total. The summed E-state index contributed by atoms with van der Waals surface area (Å²) in [5.41, 5.74) is 7.43. The molecule has 1 atom stereocenters. The lowest BCUT2D eigenvalue weighted by atomic mass is 10.1. The van der Waals surface area contributed by atoms with Crippen LogP contribution < -0.4 is 11.1 Å². The SMILES string of the molecule is Cc1oc(-c2ccccc2)nc1CC(=O)NC(C(N)=O)c1ccccc1. The Labute approximate surface area is 151 Å². The zero-order valence-electron chi connectivity index (χ0n) is 14.3. The van der Waals surface area contributed by atoms with Crippen molar-refractivity contribution in [3.05, 3.63) is 77.7 Å². The maximum atomic E-state index is 12.4. The van der Waals surface area contributed by atoms with Crippen LogP contribution >= 0.6 is 0 Å². The molecule has 6 nitrogen and oxygen atoms in total. The van der Waals surface area contributed by atoms with E-state index in [1.807, 2.05) is 36.4 Å². The van der Waals surface area contributed by atoms with Crippen molar-refractivity contribution >= 4 is 11.8 Å². The number of aromatic nitrogens is 1. The topological polar surface area (TPSA) is 98.2 Å². The van der Waals surface area contributed by atoms with Crippen molar-refractivity contribution in [3.8, 4) is 11.5 Å². The number of nitrogens with zero attached hydrogens (tertiary/aromatic N) is 1. The number of aryl methyl sites for hydroxylation is 1. The average molecular weight is 349 g/mol. The molecule has 6 heteroatoms. The van der Waals surface area contributed by atoms with E-state index in [0.29, 0.717) is 22.9 Å². The van der Waals surface area contributed by atoms with E-state index in [0.717, 1.165) is 5.56 Å². The third kappa shape index (κ3) is 3.97. The van der Waals surface area contributed by atoms with Gasteiger partial charge in [-0.05, 0) is 24.6 Å². The van der Waals surface area contributed by atoms with E-state index >= 15 is 0 Å². The molecule has 0 saturated carbocycles. The fourth-order valence-electron chi connectivity index (χ4n) is 2.62. The van der Waals surface area contributed by atoms with Crippen molar-refractivity contribution in [1.29, 1.82) is 0 Å². The Morgan fingerprint density at radius 1 is 1.08 bits per heavy atom. The molecule has 132 valence electrons. The summed E-state index contributed by atoms with van der Waals surface area (Å²) in [6.07, 6.45) is -0.00121. The zero-order valence-corrected chi connectivity index (χ0v) is 14.3. The highest BCUT2D eigenvalue weighted by Gasteiger charge is 2.22. The summed E-state index contributed by atoms with van der Waals surface area (Å²) in [4.78, 5) is 28.5. The Morgan fingerprint density at radius 3 is 2.31 bits per heavy atom. The fraction of sp³-hybridized carbons (Fsp3) is 0.150. The normalized spacial score (nSPS) is 11.7. The van der Waals surface area contributed by atoms with Gasteiger partial charge in [-0.3, -0.25) is 9.59 Å². The van der Waals surface area contributed by atoms with Crippen molar-refractivity contribution in [2.75, 3.05) is 0 Å². The fourth-order valence-corrected chi connectivity index (χ4v) is 2.62. The van der Waals surface area contributed by atoms with Crippen LogP contribution in [0.15, 0.2) is 65.1 Å². The monoisotopic (exact) mass is 349 g/mol. The number of hydrogen-bond acceptors (Lipinski definition) is 4. The van der Waals surface area contributed by atoms with Crippen LogP contribution in [-0.4, -0.2) is 16.8 Å². The number of benzene rings is 2. The summed E-state index contributed by atoms with van der Waals surface area (Å²) in [5.74, 6) is 0.0508. The largest absolute Gasteiger partial charge is 0.441 e. The van der Waals surface area contributed by atoms with Gasteiger partial charge in [0, 0.05) is 5.56 Å². The van der Waals surface area contributed by atoms with E-state index in [1.165, 1.54) is 0 Å². The molecule has 0 saturated heterocycles. The Balaban J connectivity index is 1.74. The number of primary amides is 1. The summed E-state index contributed by atoms with van der Waals surface area (Å²) in [6, 6.07) is 17.4. The first kappa shape index (κ1) is 17.4. The number of hydrogen-bond donors (Lipinski definition) is 2. The van der Waals surface area contributed by atoms with Gasteiger partial charge in [0.15, 0.2) is 0 Å². The lowest BCUT2D eigenvalue weighted by Crippen LogP contribution is -2.38. The summed E-state index contributed by atoms with van der Waals surface area (Å²) >= 11 is 0. The van der Waals surface area contributed by atoms with E-state index in [4.69, 9.17) is 10.2 Å². The predicted octanol–water partition coefficient (Wildman–Crippen LogP) is 2.54. The zero-order chi connectivity index (χ0) is 18.5. The maximum Gasteiger partial charge on any atom is 0.244 e.